The van der Waals surface area contributed by atoms with E-state index in [0.29, 0.717) is 31.7 Å². The molecule has 22 heavy (non-hydrogen) atoms. The number of piperazine rings is 1. The van der Waals surface area contributed by atoms with E-state index in [1.807, 2.05) is 0 Å². The van der Waals surface area contributed by atoms with Crippen LogP contribution in [0.4, 0.5) is 13.2 Å². The Morgan fingerprint density at radius 1 is 1.18 bits per heavy atom. The van der Waals surface area contributed by atoms with Crippen molar-refractivity contribution in [2.24, 2.45) is 0 Å². The van der Waals surface area contributed by atoms with Crippen molar-refractivity contribution in [3.8, 4) is 0 Å². The fourth-order valence-electron chi connectivity index (χ4n) is 2.32. The summed E-state index contributed by atoms with van der Waals surface area (Å²) in [7, 11) is 0. The van der Waals surface area contributed by atoms with Crippen LogP contribution in [0.5, 0.6) is 0 Å². The zero-order valence-electron chi connectivity index (χ0n) is 11.4. The zero-order chi connectivity index (χ0) is 14.8. The number of rotatable bonds is 3. The maximum absolute atomic E-state index is 12.8. The lowest BCUT2D eigenvalue weighted by molar-refractivity contribution is -0.148. The largest absolute Gasteiger partial charge is 0.390 e. The molecule has 0 aliphatic carbocycles. The highest BCUT2D eigenvalue weighted by Gasteiger charge is 2.37. The predicted octanol–water partition coefficient (Wildman–Crippen LogP) is 4.13. The van der Waals surface area contributed by atoms with Crippen molar-refractivity contribution >= 4 is 48.0 Å². The van der Waals surface area contributed by atoms with Gasteiger partial charge in [-0.3, -0.25) is 4.90 Å². The van der Waals surface area contributed by atoms with Gasteiger partial charge in [0.15, 0.2) is 0 Å². The summed E-state index contributed by atoms with van der Waals surface area (Å²) in [4.78, 5) is 5.62. The number of pyridine rings is 1. The Morgan fingerprint density at radius 3 is 2.27 bits per heavy atom. The Hall–Kier alpha value is 0.0200. The van der Waals surface area contributed by atoms with E-state index in [2.05, 4.69) is 10.3 Å². The van der Waals surface area contributed by atoms with Gasteiger partial charge in [-0.2, -0.15) is 13.2 Å². The number of hydrogen-bond donors (Lipinski definition) is 1. The lowest BCUT2D eigenvalue weighted by Crippen LogP contribution is -2.46. The molecule has 3 nitrogen and oxygen atoms in total. The third kappa shape index (κ3) is 6.26. The predicted molar refractivity (Wildman–Crippen MR) is 86.6 cm³/mol. The van der Waals surface area contributed by atoms with Crippen LogP contribution in [0.25, 0.3) is 0 Å². The summed E-state index contributed by atoms with van der Waals surface area (Å²) in [5.41, 5.74) is 0.371. The Kier molecular flexibility index (Phi) is 9.36. The molecule has 2 rings (SSSR count). The number of aromatic nitrogens is 1. The second-order valence-electron chi connectivity index (χ2n) is 4.64. The van der Waals surface area contributed by atoms with E-state index < -0.39 is 18.6 Å². The van der Waals surface area contributed by atoms with Crippen LogP contribution in [0.3, 0.4) is 0 Å². The number of nitrogens with one attached hydrogen (secondary N) is 1. The lowest BCUT2D eigenvalue weighted by atomic mass is 10.0. The SMILES string of the molecule is Cl.Cl.FC(F)(F)C[C@H](c1ccc(Cl)nc1Cl)N1CCNCC1. The van der Waals surface area contributed by atoms with E-state index in [1.54, 1.807) is 4.90 Å². The van der Waals surface area contributed by atoms with Crippen LogP contribution < -0.4 is 5.32 Å². The van der Waals surface area contributed by atoms with Gasteiger partial charge in [0, 0.05) is 37.8 Å². The summed E-state index contributed by atoms with van der Waals surface area (Å²) in [6.45, 7) is 2.40. The molecule has 1 atom stereocenters. The topological polar surface area (TPSA) is 28.2 Å². The number of hydrogen-bond acceptors (Lipinski definition) is 3. The molecule has 0 saturated carbocycles. The van der Waals surface area contributed by atoms with Gasteiger partial charge >= 0.3 is 6.18 Å². The van der Waals surface area contributed by atoms with E-state index in [0.717, 1.165) is 0 Å². The molecule has 0 spiro atoms. The van der Waals surface area contributed by atoms with Gasteiger partial charge in [-0.05, 0) is 6.07 Å². The van der Waals surface area contributed by atoms with Crippen LogP contribution >= 0.6 is 48.0 Å². The quantitative estimate of drug-likeness (QED) is 0.773. The first kappa shape index (κ1) is 22.0. The fraction of sp³-hybridized carbons (Fsp3) is 0.583. The molecule has 1 aromatic heterocycles. The summed E-state index contributed by atoms with van der Waals surface area (Å²) in [6, 6.07) is 2.17. The average molecular weight is 401 g/mol. The average Bonchev–Trinajstić information content (AvgIpc) is 2.36. The van der Waals surface area contributed by atoms with Crippen molar-refractivity contribution in [1.29, 1.82) is 0 Å². The highest BCUT2D eigenvalue weighted by Crippen LogP contribution is 2.36. The number of nitrogens with zero attached hydrogens (tertiary/aromatic N) is 2. The van der Waals surface area contributed by atoms with Gasteiger partial charge in [0.05, 0.1) is 6.42 Å². The Bertz CT molecular complexity index is 467. The molecular weight excluding hydrogens is 385 g/mol. The molecule has 2 heterocycles. The Balaban J connectivity index is 0.00000220. The van der Waals surface area contributed by atoms with Crippen molar-refractivity contribution in [2.45, 2.75) is 18.6 Å². The summed E-state index contributed by atoms with van der Waals surface area (Å²) < 4.78 is 38.5. The Morgan fingerprint density at radius 2 is 1.77 bits per heavy atom. The molecule has 1 aliphatic heterocycles. The van der Waals surface area contributed by atoms with Crippen molar-refractivity contribution in [2.75, 3.05) is 26.2 Å². The smallest absolute Gasteiger partial charge is 0.314 e. The minimum absolute atomic E-state index is 0. The number of alkyl halides is 3. The molecule has 0 bridgehead atoms. The fourth-order valence-corrected chi connectivity index (χ4v) is 2.79. The minimum atomic E-state index is -4.27. The molecule has 1 fully saturated rings. The van der Waals surface area contributed by atoms with Crippen LogP contribution in [-0.4, -0.2) is 42.2 Å². The number of halogens is 7. The molecule has 128 valence electrons. The molecule has 0 aromatic carbocycles. The zero-order valence-corrected chi connectivity index (χ0v) is 14.5. The van der Waals surface area contributed by atoms with Gasteiger partial charge in [0.2, 0.25) is 0 Å². The van der Waals surface area contributed by atoms with E-state index in [9.17, 15) is 13.2 Å². The van der Waals surface area contributed by atoms with Gasteiger partial charge in [0.25, 0.3) is 0 Å². The molecule has 1 aromatic rings. The molecule has 1 N–H and O–H groups in total. The standard InChI is InChI=1S/C12H14Cl2F3N3.2ClH/c13-10-2-1-8(11(14)19-10)9(7-12(15,16)17)20-5-3-18-4-6-20;;/h1-2,9,18H,3-7H2;2*1H/t9-;;/m1../s1. The maximum atomic E-state index is 12.8. The van der Waals surface area contributed by atoms with E-state index in [-0.39, 0.29) is 35.1 Å². The molecule has 0 radical (unpaired) electrons. The van der Waals surface area contributed by atoms with Crippen molar-refractivity contribution in [1.82, 2.24) is 15.2 Å². The van der Waals surface area contributed by atoms with Gasteiger partial charge < -0.3 is 5.32 Å². The van der Waals surface area contributed by atoms with Crippen LogP contribution in [0, 0.1) is 0 Å². The van der Waals surface area contributed by atoms with Gasteiger partial charge in [-0.25, -0.2) is 4.98 Å². The highest BCUT2D eigenvalue weighted by molar-refractivity contribution is 6.32. The molecule has 1 saturated heterocycles. The van der Waals surface area contributed by atoms with Crippen LogP contribution in [-0.2, 0) is 0 Å². The second kappa shape index (κ2) is 9.35. The van der Waals surface area contributed by atoms with E-state index in [1.165, 1.54) is 12.1 Å². The summed E-state index contributed by atoms with van der Waals surface area (Å²) in [5.74, 6) is 0. The lowest BCUT2D eigenvalue weighted by Gasteiger charge is -2.35. The van der Waals surface area contributed by atoms with E-state index >= 15 is 0 Å². The molecule has 0 amide bonds. The molecule has 1 aliphatic rings. The van der Waals surface area contributed by atoms with Crippen molar-refractivity contribution in [3.63, 3.8) is 0 Å². The first-order valence-electron chi connectivity index (χ1n) is 6.20. The third-order valence-corrected chi connectivity index (χ3v) is 3.73. The monoisotopic (exact) mass is 399 g/mol. The second-order valence-corrected chi connectivity index (χ2v) is 5.38. The van der Waals surface area contributed by atoms with Gasteiger partial charge in [-0.15, -0.1) is 24.8 Å². The first-order chi connectivity index (χ1) is 9.37. The molecule has 10 heteroatoms. The summed E-state index contributed by atoms with van der Waals surface area (Å²) >= 11 is 11.7. The van der Waals surface area contributed by atoms with E-state index in [4.69, 9.17) is 23.2 Å². The van der Waals surface area contributed by atoms with Crippen molar-refractivity contribution < 1.29 is 13.2 Å². The first-order valence-corrected chi connectivity index (χ1v) is 6.96. The maximum Gasteiger partial charge on any atom is 0.390 e. The van der Waals surface area contributed by atoms with Crippen molar-refractivity contribution in [3.05, 3.63) is 28.0 Å². The normalized spacial score (nSPS) is 17.3. The molecular formula is C12H16Cl4F3N3. The van der Waals surface area contributed by atoms with Crippen LogP contribution in [0.2, 0.25) is 10.3 Å². The van der Waals surface area contributed by atoms with Crippen LogP contribution in [0.1, 0.15) is 18.0 Å². The summed E-state index contributed by atoms with van der Waals surface area (Å²) in [6.07, 6.45) is -5.21. The third-order valence-electron chi connectivity index (χ3n) is 3.22. The molecule has 0 unspecified atom stereocenters. The van der Waals surface area contributed by atoms with Gasteiger partial charge in [-0.1, -0.05) is 29.3 Å². The summed E-state index contributed by atoms with van der Waals surface area (Å²) in [5, 5.41) is 3.32. The highest BCUT2D eigenvalue weighted by atomic mass is 35.5. The Labute approximate surface area is 149 Å². The van der Waals surface area contributed by atoms with Gasteiger partial charge in [0.1, 0.15) is 10.3 Å². The van der Waals surface area contributed by atoms with Crippen LogP contribution in [0.15, 0.2) is 12.1 Å². The minimum Gasteiger partial charge on any atom is -0.314 e.